The molecule has 0 saturated heterocycles. The van der Waals surface area contributed by atoms with Gasteiger partial charge < -0.3 is 15.8 Å². The van der Waals surface area contributed by atoms with Crippen LogP contribution in [0, 0.1) is 16.7 Å². The third-order valence-corrected chi connectivity index (χ3v) is 5.63. The Kier molecular flexibility index (Phi) is 3.81. The highest BCUT2D eigenvalue weighted by Crippen LogP contribution is 2.66. The van der Waals surface area contributed by atoms with Crippen molar-refractivity contribution in [1.82, 2.24) is 5.32 Å². The molecule has 2 aliphatic carbocycles. The maximum Gasteiger partial charge on any atom is 0.0637 e. The molecule has 2 aliphatic rings. The van der Waals surface area contributed by atoms with E-state index in [4.69, 9.17) is 10.5 Å². The monoisotopic (exact) mass is 240 g/mol. The normalized spacial score (nSPS) is 38.8. The van der Waals surface area contributed by atoms with Gasteiger partial charge in [-0.1, -0.05) is 20.8 Å². The summed E-state index contributed by atoms with van der Waals surface area (Å²) in [5.41, 5.74) is 6.29. The molecule has 0 spiro atoms. The van der Waals surface area contributed by atoms with Gasteiger partial charge in [-0.3, -0.25) is 0 Å². The van der Waals surface area contributed by atoms with Crippen LogP contribution in [0.4, 0.5) is 0 Å². The highest BCUT2D eigenvalue weighted by atomic mass is 16.5. The van der Waals surface area contributed by atoms with E-state index in [1.54, 1.807) is 0 Å². The number of nitrogens with one attached hydrogen (secondary N) is 1. The topological polar surface area (TPSA) is 47.3 Å². The molecule has 3 atom stereocenters. The number of nitrogens with two attached hydrogens (primary N) is 1. The maximum atomic E-state index is 6.12. The molecular weight excluding hydrogens is 212 g/mol. The van der Waals surface area contributed by atoms with E-state index in [1.165, 1.54) is 19.3 Å². The third-order valence-electron chi connectivity index (χ3n) is 5.63. The van der Waals surface area contributed by atoms with Crippen molar-refractivity contribution in [2.24, 2.45) is 22.5 Å². The second kappa shape index (κ2) is 4.87. The summed E-state index contributed by atoms with van der Waals surface area (Å²) in [6, 6.07) is 0. The van der Waals surface area contributed by atoms with Crippen molar-refractivity contribution < 1.29 is 4.74 Å². The number of ether oxygens (including phenoxy) is 1. The molecule has 2 bridgehead atoms. The Morgan fingerprint density at radius 2 is 2.06 bits per heavy atom. The van der Waals surface area contributed by atoms with Gasteiger partial charge in [-0.15, -0.1) is 0 Å². The van der Waals surface area contributed by atoms with Crippen LogP contribution in [-0.2, 0) is 4.74 Å². The lowest BCUT2D eigenvalue weighted by Crippen LogP contribution is -2.38. The van der Waals surface area contributed by atoms with Gasteiger partial charge in [0.2, 0.25) is 0 Å². The first-order chi connectivity index (χ1) is 8.02. The Morgan fingerprint density at radius 1 is 1.29 bits per heavy atom. The van der Waals surface area contributed by atoms with Crippen LogP contribution in [0.1, 0.15) is 40.0 Å². The van der Waals surface area contributed by atoms with Gasteiger partial charge in [0, 0.05) is 19.6 Å². The fourth-order valence-electron chi connectivity index (χ4n) is 3.88. The van der Waals surface area contributed by atoms with Crippen molar-refractivity contribution in [3.05, 3.63) is 0 Å². The zero-order valence-corrected chi connectivity index (χ0v) is 11.6. The zero-order valence-electron chi connectivity index (χ0n) is 11.6. The van der Waals surface area contributed by atoms with Gasteiger partial charge in [0.15, 0.2) is 0 Å². The Bertz CT molecular complexity index is 267. The smallest absolute Gasteiger partial charge is 0.0637 e. The summed E-state index contributed by atoms with van der Waals surface area (Å²) in [6.07, 6.45) is 4.47. The lowest BCUT2D eigenvalue weighted by atomic mass is 9.70. The lowest BCUT2D eigenvalue weighted by molar-refractivity contribution is -0.0449. The van der Waals surface area contributed by atoms with Crippen LogP contribution < -0.4 is 11.1 Å². The first-order valence-corrected chi connectivity index (χ1v) is 7.05. The molecule has 3 N–H and O–H groups in total. The first-order valence-electron chi connectivity index (χ1n) is 7.05. The van der Waals surface area contributed by atoms with Crippen molar-refractivity contribution in [2.45, 2.75) is 46.1 Å². The van der Waals surface area contributed by atoms with Gasteiger partial charge in [-0.25, -0.2) is 0 Å². The van der Waals surface area contributed by atoms with Gasteiger partial charge in [0.25, 0.3) is 0 Å². The molecule has 0 unspecified atom stereocenters. The predicted octanol–water partition coefficient (Wildman–Crippen LogP) is 1.77. The fourth-order valence-corrected chi connectivity index (χ4v) is 3.88. The summed E-state index contributed by atoms with van der Waals surface area (Å²) in [4.78, 5) is 0. The predicted molar refractivity (Wildman–Crippen MR) is 70.9 cm³/mol. The van der Waals surface area contributed by atoms with Crippen LogP contribution >= 0.6 is 0 Å². The van der Waals surface area contributed by atoms with Crippen LogP contribution in [0.5, 0.6) is 0 Å². The van der Waals surface area contributed by atoms with E-state index in [9.17, 15) is 0 Å². The summed E-state index contributed by atoms with van der Waals surface area (Å²) in [5, 5.41) is 3.29. The van der Waals surface area contributed by atoms with Crippen LogP contribution in [0.2, 0.25) is 0 Å². The van der Waals surface area contributed by atoms with E-state index in [0.29, 0.717) is 23.5 Å². The van der Waals surface area contributed by atoms with E-state index >= 15 is 0 Å². The van der Waals surface area contributed by atoms with E-state index < -0.39 is 0 Å². The van der Waals surface area contributed by atoms with E-state index in [-0.39, 0.29) is 0 Å². The minimum atomic E-state index is 0.394. The molecule has 3 nitrogen and oxygen atoms in total. The quantitative estimate of drug-likeness (QED) is 0.696. The average Bonchev–Trinajstić information content (AvgIpc) is 2.61. The van der Waals surface area contributed by atoms with Gasteiger partial charge in [0.05, 0.1) is 12.7 Å². The van der Waals surface area contributed by atoms with E-state index in [1.807, 2.05) is 0 Å². The van der Waals surface area contributed by atoms with Crippen molar-refractivity contribution in [3.8, 4) is 0 Å². The SMILES string of the molecule is CC1(C)[C@@H]2CC[C@@]1(C)[C@H](OCCNCCN)C2. The number of rotatable bonds is 6. The molecule has 0 aromatic carbocycles. The first kappa shape index (κ1) is 13.3. The standard InChI is InChI=1S/C14H28N2O/c1-13(2)11-4-5-14(13,3)12(10-11)17-9-8-16-7-6-15/h11-12,16H,4-10,15H2,1-3H3/t11-,12-,14+/m1/s1. The lowest BCUT2D eigenvalue weighted by Gasteiger charge is -2.38. The van der Waals surface area contributed by atoms with Gasteiger partial charge >= 0.3 is 0 Å². The molecule has 0 heterocycles. The Hall–Kier alpha value is -0.120. The Labute approximate surface area is 105 Å². The number of hydrogen-bond acceptors (Lipinski definition) is 3. The fraction of sp³-hybridized carbons (Fsp3) is 1.00. The molecule has 2 rings (SSSR count). The Morgan fingerprint density at radius 3 is 2.59 bits per heavy atom. The van der Waals surface area contributed by atoms with Crippen LogP contribution in [0.25, 0.3) is 0 Å². The highest BCUT2D eigenvalue weighted by Gasteiger charge is 2.61. The molecule has 0 aromatic heterocycles. The van der Waals surface area contributed by atoms with Gasteiger partial charge in [-0.05, 0) is 36.0 Å². The minimum Gasteiger partial charge on any atom is -0.376 e. The summed E-state index contributed by atoms with van der Waals surface area (Å²) >= 11 is 0. The maximum absolute atomic E-state index is 6.12. The summed E-state index contributed by atoms with van der Waals surface area (Å²) < 4.78 is 6.12. The van der Waals surface area contributed by atoms with Crippen molar-refractivity contribution in [2.75, 3.05) is 26.2 Å². The van der Waals surface area contributed by atoms with Crippen molar-refractivity contribution in [1.29, 1.82) is 0 Å². The van der Waals surface area contributed by atoms with Crippen molar-refractivity contribution >= 4 is 0 Å². The second-order valence-electron chi connectivity index (χ2n) is 6.51. The summed E-state index contributed by atoms with van der Waals surface area (Å²) in [7, 11) is 0. The number of fused-ring (bicyclic) bond motifs is 2. The molecule has 17 heavy (non-hydrogen) atoms. The third kappa shape index (κ3) is 2.13. The molecule has 0 amide bonds. The van der Waals surface area contributed by atoms with Crippen LogP contribution in [0.3, 0.4) is 0 Å². The van der Waals surface area contributed by atoms with E-state index in [0.717, 1.165) is 25.6 Å². The molecule has 0 aromatic rings. The summed E-state index contributed by atoms with van der Waals surface area (Å²) in [5.74, 6) is 0.870. The molecule has 2 saturated carbocycles. The Balaban J connectivity index is 1.80. The second-order valence-corrected chi connectivity index (χ2v) is 6.51. The highest BCUT2D eigenvalue weighted by molar-refractivity contribution is 5.11. The van der Waals surface area contributed by atoms with Gasteiger partial charge in [-0.2, -0.15) is 0 Å². The molecule has 3 heteroatoms. The van der Waals surface area contributed by atoms with Gasteiger partial charge in [0.1, 0.15) is 0 Å². The molecular formula is C14H28N2O. The molecule has 2 fully saturated rings. The van der Waals surface area contributed by atoms with Crippen LogP contribution in [0.15, 0.2) is 0 Å². The molecule has 0 radical (unpaired) electrons. The zero-order chi connectivity index (χ0) is 12.5. The minimum absolute atomic E-state index is 0.394. The average molecular weight is 240 g/mol. The molecule has 0 aliphatic heterocycles. The van der Waals surface area contributed by atoms with Crippen molar-refractivity contribution in [3.63, 3.8) is 0 Å². The summed E-state index contributed by atoms with van der Waals surface area (Å²) in [6.45, 7) is 10.6. The van der Waals surface area contributed by atoms with Crippen LogP contribution in [-0.4, -0.2) is 32.3 Å². The number of hydrogen-bond donors (Lipinski definition) is 2. The largest absolute Gasteiger partial charge is 0.376 e. The molecule has 100 valence electrons. The van der Waals surface area contributed by atoms with E-state index in [2.05, 4.69) is 26.1 Å².